The lowest BCUT2D eigenvalue weighted by Crippen LogP contribution is -2.02. The third kappa shape index (κ3) is 7.75. The van der Waals surface area contributed by atoms with Crippen LogP contribution in [0.2, 0.25) is 0 Å². The van der Waals surface area contributed by atoms with Crippen molar-refractivity contribution in [2.75, 3.05) is 0 Å². The van der Waals surface area contributed by atoms with E-state index in [-0.39, 0.29) is 0 Å². The van der Waals surface area contributed by atoms with Crippen LogP contribution in [0.1, 0.15) is 5.56 Å². The monoisotopic (exact) mass is 793 g/mol. The summed E-state index contributed by atoms with van der Waals surface area (Å²) in [6.45, 7) is 0. The summed E-state index contributed by atoms with van der Waals surface area (Å²) in [6.07, 6.45) is 0. The summed E-state index contributed by atoms with van der Waals surface area (Å²) in [7, 11) is 0. The van der Waals surface area contributed by atoms with Crippen molar-refractivity contribution in [3.8, 4) is 108 Å². The van der Waals surface area contributed by atoms with Crippen LogP contribution >= 0.6 is 0 Å². The molecule has 0 aliphatic carbocycles. The molecule has 2 aromatic heterocycles. The summed E-state index contributed by atoms with van der Waals surface area (Å²) in [5.41, 5.74) is 11.4. The Labute approximate surface area is 359 Å². The standard InChI is InChI=1S/C55H35N7/c56-36-37-17-16-28-44(33-37)49-35-45(30-32-47(49)55-61-52(41-24-12-4-13-25-41)58-53(62-55)42-26-14-5-15-27-42)48-34-43(38-18-6-1-7-19-38)29-31-46(48)54-59-50(39-20-8-2-9-21-39)57-51(60-54)40-22-10-3-11-23-40/h1-35H. The van der Waals surface area contributed by atoms with E-state index >= 15 is 0 Å². The predicted molar refractivity (Wildman–Crippen MR) is 247 cm³/mol. The van der Waals surface area contributed by atoms with Crippen LogP contribution in [0.25, 0.3) is 102 Å². The van der Waals surface area contributed by atoms with Crippen LogP contribution in [0, 0.1) is 11.3 Å². The molecule has 0 saturated carbocycles. The van der Waals surface area contributed by atoms with E-state index in [9.17, 15) is 5.26 Å². The van der Waals surface area contributed by atoms with Crippen LogP contribution < -0.4 is 0 Å². The maximum Gasteiger partial charge on any atom is 0.164 e. The summed E-state index contributed by atoms with van der Waals surface area (Å²) in [4.78, 5) is 30.4. The fourth-order valence-electron chi connectivity index (χ4n) is 7.55. The van der Waals surface area contributed by atoms with Crippen LogP contribution in [0.3, 0.4) is 0 Å². The van der Waals surface area contributed by atoms with Gasteiger partial charge >= 0.3 is 0 Å². The second kappa shape index (κ2) is 16.9. The first-order chi connectivity index (χ1) is 30.7. The van der Waals surface area contributed by atoms with E-state index < -0.39 is 0 Å². The second-order valence-corrected chi connectivity index (χ2v) is 14.7. The summed E-state index contributed by atoms with van der Waals surface area (Å²) in [5, 5.41) is 10.1. The van der Waals surface area contributed by atoms with Gasteiger partial charge in [-0.3, -0.25) is 0 Å². The molecule has 0 fully saturated rings. The third-order valence-electron chi connectivity index (χ3n) is 10.6. The SMILES string of the molecule is N#Cc1cccc(-c2cc(-c3cc(-c4ccccc4)ccc3-c3nc(-c4ccccc4)nc(-c4ccccc4)n3)ccc2-c2nc(-c3ccccc3)nc(-c3ccccc3)n2)c1. The molecule has 0 saturated heterocycles. The Kier molecular flexibility index (Phi) is 10.2. The van der Waals surface area contributed by atoms with Gasteiger partial charge in [-0.05, 0) is 69.8 Å². The molecule has 8 aromatic carbocycles. The van der Waals surface area contributed by atoms with Crippen molar-refractivity contribution in [1.29, 1.82) is 5.26 Å². The molecule has 0 atom stereocenters. The Morgan fingerprint density at radius 1 is 0.242 bits per heavy atom. The van der Waals surface area contributed by atoms with Gasteiger partial charge in [0.15, 0.2) is 34.9 Å². The van der Waals surface area contributed by atoms with E-state index in [2.05, 4.69) is 54.6 Å². The van der Waals surface area contributed by atoms with Gasteiger partial charge in [-0.25, -0.2) is 29.9 Å². The first-order valence-electron chi connectivity index (χ1n) is 20.3. The van der Waals surface area contributed by atoms with Gasteiger partial charge in [-0.1, -0.05) is 176 Å². The fourth-order valence-corrected chi connectivity index (χ4v) is 7.55. The molecule has 290 valence electrons. The molecule has 0 radical (unpaired) electrons. The Morgan fingerprint density at radius 2 is 0.565 bits per heavy atom. The minimum Gasteiger partial charge on any atom is -0.208 e. The molecule has 10 aromatic rings. The molecule has 2 heterocycles. The quantitative estimate of drug-likeness (QED) is 0.143. The van der Waals surface area contributed by atoms with Gasteiger partial charge in [0.05, 0.1) is 11.6 Å². The molecule has 0 aliphatic heterocycles. The zero-order valence-electron chi connectivity index (χ0n) is 33.3. The lowest BCUT2D eigenvalue weighted by Gasteiger charge is -2.17. The van der Waals surface area contributed by atoms with Crippen molar-refractivity contribution in [2.45, 2.75) is 0 Å². The van der Waals surface area contributed by atoms with Gasteiger partial charge in [0, 0.05) is 33.4 Å². The van der Waals surface area contributed by atoms with Crippen LogP contribution in [0.5, 0.6) is 0 Å². The second-order valence-electron chi connectivity index (χ2n) is 14.7. The average molecular weight is 794 g/mol. The van der Waals surface area contributed by atoms with Crippen molar-refractivity contribution in [2.24, 2.45) is 0 Å². The van der Waals surface area contributed by atoms with Crippen LogP contribution in [-0.4, -0.2) is 29.9 Å². The zero-order valence-corrected chi connectivity index (χ0v) is 33.3. The van der Waals surface area contributed by atoms with E-state index in [0.29, 0.717) is 40.5 Å². The molecule has 7 nitrogen and oxygen atoms in total. The van der Waals surface area contributed by atoms with Gasteiger partial charge in [-0.2, -0.15) is 5.26 Å². The van der Waals surface area contributed by atoms with Gasteiger partial charge < -0.3 is 0 Å². The highest BCUT2D eigenvalue weighted by molar-refractivity contribution is 5.91. The number of hydrogen-bond acceptors (Lipinski definition) is 7. The Bertz CT molecular complexity index is 3110. The Hall–Kier alpha value is -8.73. The highest BCUT2D eigenvalue weighted by atomic mass is 15.0. The normalized spacial score (nSPS) is 10.9. The van der Waals surface area contributed by atoms with Gasteiger partial charge in [-0.15, -0.1) is 0 Å². The maximum absolute atomic E-state index is 10.1. The lowest BCUT2D eigenvalue weighted by molar-refractivity contribution is 1.07. The predicted octanol–water partition coefficient (Wildman–Crippen LogP) is 12.9. The van der Waals surface area contributed by atoms with Crippen molar-refractivity contribution in [3.05, 3.63) is 218 Å². The molecule has 62 heavy (non-hydrogen) atoms. The maximum atomic E-state index is 10.1. The molecule has 0 aliphatic rings. The summed E-state index contributed by atoms with van der Waals surface area (Å²) in [6, 6.07) is 73.0. The minimum absolute atomic E-state index is 0.511. The number of nitriles is 1. The van der Waals surface area contributed by atoms with Crippen molar-refractivity contribution in [3.63, 3.8) is 0 Å². The number of nitrogens with zero attached hydrogens (tertiary/aromatic N) is 7. The summed E-state index contributed by atoms with van der Waals surface area (Å²) in [5.74, 6) is 3.34. The largest absolute Gasteiger partial charge is 0.208 e. The molecular formula is C55H35N7. The van der Waals surface area contributed by atoms with E-state index in [1.807, 2.05) is 164 Å². The molecule has 10 rings (SSSR count). The third-order valence-corrected chi connectivity index (χ3v) is 10.6. The molecular weight excluding hydrogens is 759 g/mol. The Morgan fingerprint density at radius 3 is 0.968 bits per heavy atom. The smallest absolute Gasteiger partial charge is 0.164 e. The molecule has 0 N–H and O–H groups in total. The first-order valence-corrected chi connectivity index (χ1v) is 20.3. The number of hydrogen-bond donors (Lipinski definition) is 0. The van der Waals surface area contributed by atoms with Gasteiger partial charge in [0.2, 0.25) is 0 Å². The first kappa shape index (κ1) is 37.5. The molecule has 0 unspecified atom stereocenters. The Balaban J connectivity index is 1.22. The molecule has 0 spiro atoms. The van der Waals surface area contributed by atoms with Gasteiger partial charge in [0.1, 0.15) is 0 Å². The van der Waals surface area contributed by atoms with Crippen LogP contribution in [0.15, 0.2) is 212 Å². The zero-order chi connectivity index (χ0) is 41.7. The molecule has 0 amide bonds. The van der Waals surface area contributed by atoms with Crippen molar-refractivity contribution < 1.29 is 0 Å². The summed E-state index contributed by atoms with van der Waals surface area (Å²) < 4.78 is 0. The lowest BCUT2D eigenvalue weighted by atomic mass is 9.89. The highest BCUT2D eigenvalue weighted by Crippen LogP contribution is 2.41. The van der Waals surface area contributed by atoms with Crippen molar-refractivity contribution in [1.82, 2.24) is 29.9 Å². The van der Waals surface area contributed by atoms with Crippen LogP contribution in [-0.2, 0) is 0 Å². The number of benzene rings is 8. The molecule has 7 heteroatoms. The summed E-state index contributed by atoms with van der Waals surface area (Å²) >= 11 is 0. The van der Waals surface area contributed by atoms with Crippen molar-refractivity contribution >= 4 is 0 Å². The van der Waals surface area contributed by atoms with E-state index in [0.717, 1.165) is 66.8 Å². The van der Waals surface area contributed by atoms with Crippen LogP contribution in [0.4, 0.5) is 0 Å². The number of rotatable bonds is 9. The molecule has 0 bridgehead atoms. The van der Waals surface area contributed by atoms with E-state index in [4.69, 9.17) is 29.9 Å². The van der Waals surface area contributed by atoms with E-state index in [1.54, 1.807) is 0 Å². The van der Waals surface area contributed by atoms with Gasteiger partial charge in [0.25, 0.3) is 0 Å². The average Bonchev–Trinajstić information content (AvgIpc) is 3.37. The number of aromatic nitrogens is 6. The topological polar surface area (TPSA) is 101 Å². The minimum atomic E-state index is 0.511. The van der Waals surface area contributed by atoms with E-state index in [1.165, 1.54) is 0 Å². The highest BCUT2D eigenvalue weighted by Gasteiger charge is 2.21. The fraction of sp³-hybridized carbons (Fsp3) is 0.